The second-order valence-electron chi connectivity index (χ2n) is 3.88. The van der Waals surface area contributed by atoms with Gasteiger partial charge in [-0.3, -0.25) is 0 Å². The molecule has 0 aliphatic carbocycles. The minimum Gasteiger partial charge on any atom is -0.302 e. The number of fused-ring (bicyclic) bond motifs is 1. The van der Waals surface area contributed by atoms with Crippen molar-refractivity contribution >= 4 is 0 Å². The number of nitroso groups, excluding NO2 is 1. The fourth-order valence-electron chi connectivity index (χ4n) is 1.92. The van der Waals surface area contributed by atoms with Gasteiger partial charge in [-0.2, -0.15) is 4.91 Å². The van der Waals surface area contributed by atoms with Crippen LogP contribution in [-0.2, 0) is 19.5 Å². The summed E-state index contributed by atoms with van der Waals surface area (Å²) in [6.45, 7) is 6.41. The first kappa shape index (κ1) is 12.8. The zero-order valence-corrected chi connectivity index (χ0v) is 10.4. The van der Waals surface area contributed by atoms with Gasteiger partial charge in [0, 0.05) is 13.1 Å². The Morgan fingerprint density at radius 2 is 2.06 bits per heavy atom. The molecule has 0 amide bonds. The summed E-state index contributed by atoms with van der Waals surface area (Å²) in [4.78, 5) is 12.4. The van der Waals surface area contributed by atoms with Crippen LogP contribution in [0.2, 0.25) is 0 Å². The summed E-state index contributed by atoms with van der Waals surface area (Å²) in [7, 11) is 2.13. The van der Waals surface area contributed by atoms with Crippen LogP contribution in [0.4, 0.5) is 0 Å². The first-order valence-corrected chi connectivity index (χ1v) is 5.88. The molecule has 1 aromatic rings. The molecule has 1 aliphatic rings. The van der Waals surface area contributed by atoms with Gasteiger partial charge in [0.15, 0.2) is 0 Å². The van der Waals surface area contributed by atoms with E-state index in [9.17, 15) is 4.91 Å². The highest BCUT2D eigenvalue weighted by molar-refractivity contribution is 5.33. The highest BCUT2D eigenvalue weighted by Crippen LogP contribution is 2.19. The van der Waals surface area contributed by atoms with E-state index in [1.807, 2.05) is 19.9 Å². The third-order valence-corrected chi connectivity index (χ3v) is 2.72. The first-order valence-electron chi connectivity index (χ1n) is 5.88. The molecule has 0 spiro atoms. The van der Waals surface area contributed by atoms with Crippen molar-refractivity contribution in [2.45, 2.75) is 33.4 Å². The Kier molecular flexibility index (Phi) is 5.12. The van der Waals surface area contributed by atoms with Gasteiger partial charge in [-0.1, -0.05) is 37.2 Å². The number of hydrogen-bond acceptors (Lipinski definition) is 3. The SMILES string of the molecule is CC.CN1CCc2cc(CN=O)ccc2C1. The van der Waals surface area contributed by atoms with Crippen molar-refractivity contribution < 1.29 is 0 Å². The quantitative estimate of drug-likeness (QED) is 0.718. The molecule has 0 aromatic heterocycles. The smallest absolute Gasteiger partial charge is 0.106 e. The number of hydrogen-bond donors (Lipinski definition) is 0. The van der Waals surface area contributed by atoms with Crippen LogP contribution < -0.4 is 0 Å². The lowest BCUT2D eigenvalue weighted by atomic mass is 9.98. The van der Waals surface area contributed by atoms with Gasteiger partial charge in [-0.05, 0) is 30.2 Å². The largest absolute Gasteiger partial charge is 0.302 e. The monoisotopic (exact) mass is 220 g/mol. The Hall–Kier alpha value is -1.22. The molecule has 1 heterocycles. The zero-order chi connectivity index (χ0) is 12.0. The van der Waals surface area contributed by atoms with Gasteiger partial charge in [0.2, 0.25) is 0 Å². The molecule has 0 radical (unpaired) electrons. The molecule has 0 saturated carbocycles. The molecule has 3 nitrogen and oxygen atoms in total. The molecule has 1 aliphatic heterocycles. The van der Waals surface area contributed by atoms with Crippen LogP contribution in [0.15, 0.2) is 23.4 Å². The minimum absolute atomic E-state index is 0.295. The van der Waals surface area contributed by atoms with E-state index in [0.717, 1.165) is 25.1 Å². The normalized spacial score (nSPS) is 14.7. The maximum Gasteiger partial charge on any atom is 0.106 e. The molecule has 0 N–H and O–H groups in total. The highest BCUT2D eigenvalue weighted by atomic mass is 16.3. The molecule has 0 atom stereocenters. The summed E-state index contributed by atoms with van der Waals surface area (Å²) in [5.74, 6) is 0. The second-order valence-corrected chi connectivity index (χ2v) is 3.88. The lowest BCUT2D eigenvalue weighted by Crippen LogP contribution is -2.26. The Morgan fingerprint density at radius 1 is 1.31 bits per heavy atom. The number of benzene rings is 1. The van der Waals surface area contributed by atoms with Gasteiger partial charge in [-0.25, -0.2) is 0 Å². The molecule has 0 bridgehead atoms. The maximum absolute atomic E-state index is 10.1. The Balaban J connectivity index is 0.000000606. The summed E-state index contributed by atoms with van der Waals surface area (Å²) in [6, 6.07) is 6.23. The van der Waals surface area contributed by atoms with Crippen LogP contribution in [0.3, 0.4) is 0 Å². The molecule has 0 fully saturated rings. The lowest BCUT2D eigenvalue weighted by Gasteiger charge is -2.25. The fraction of sp³-hybridized carbons (Fsp3) is 0.538. The van der Waals surface area contributed by atoms with Crippen LogP contribution in [0.1, 0.15) is 30.5 Å². The van der Waals surface area contributed by atoms with Crippen LogP contribution in [-0.4, -0.2) is 18.5 Å². The van der Waals surface area contributed by atoms with Gasteiger partial charge < -0.3 is 4.90 Å². The summed E-state index contributed by atoms with van der Waals surface area (Å²) in [5.41, 5.74) is 3.79. The van der Waals surface area contributed by atoms with E-state index in [-0.39, 0.29) is 0 Å². The van der Waals surface area contributed by atoms with E-state index in [1.165, 1.54) is 11.1 Å². The lowest BCUT2D eigenvalue weighted by molar-refractivity contribution is 0.313. The van der Waals surface area contributed by atoms with Crippen LogP contribution in [0, 0.1) is 4.91 Å². The number of nitrogens with zero attached hydrogens (tertiary/aromatic N) is 2. The van der Waals surface area contributed by atoms with E-state index in [0.29, 0.717) is 6.54 Å². The average Bonchev–Trinajstić information content (AvgIpc) is 2.32. The Labute approximate surface area is 97.4 Å². The molecule has 0 saturated heterocycles. The predicted octanol–water partition coefficient (Wildman–Crippen LogP) is 2.97. The molecule has 0 unspecified atom stereocenters. The van der Waals surface area contributed by atoms with Crippen molar-refractivity contribution in [3.05, 3.63) is 39.8 Å². The third kappa shape index (κ3) is 3.14. The van der Waals surface area contributed by atoms with Crippen LogP contribution in [0.5, 0.6) is 0 Å². The van der Waals surface area contributed by atoms with Crippen molar-refractivity contribution in [1.29, 1.82) is 0 Å². The van der Waals surface area contributed by atoms with Crippen molar-refractivity contribution in [3.63, 3.8) is 0 Å². The minimum atomic E-state index is 0.295. The van der Waals surface area contributed by atoms with E-state index in [4.69, 9.17) is 0 Å². The highest BCUT2D eigenvalue weighted by Gasteiger charge is 2.12. The molecular weight excluding hydrogens is 200 g/mol. The van der Waals surface area contributed by atoms with E-state index in [2.05, 4.69) is 29.3 Å². The summed E-state index contributed by atoms with van der Waals surface area (Å²) in [6.07, 6.45) is 1.08. The number of rotatable bonds is 2. The molecule has 1 aromatic carbocycles. The molecule has 3 heteroatoms. The summed E-state index contributed by atoms with van der Waals surface area (Å²) in [5, 5.41) is 2.91. The Bertz CT molecular complexity index is 350. The topological polar surface area (TPSA) is 32.7 Å². The predicted molar refractivity (Wildman–Crippen MR) is 67.3 cm³/mol. The summed E-state index contributed by atoms with van der Waals surface area (Å²) >= 11 is 0. The summed E-state index contributed by atoms with van der Waals surface area (Å²) < 4.78 is 0. The van der Waals surface area contributed by atoms with Gasteiger partial charge in [0.05, 0.1) is 0 Å². The second kappa shape index (κ2) is 6.38. The first-order chi connectivity index (χ1) is 7.79. The van der Waals surface area contributed by atoms with Gasteiger partial charge >= 0.3 is 0 Å². The Morgan fingerprint density at radius 3 is 2.75 bits per heavy atom. The van der Waals surface area contributed by atoms with Crippen molar-refractivity contribution in [2.24, 2.45) is 5.18 Å². The van der Waals surface area contributed by atoms with Crippen LogP contribution in [0.25, 0.3) is 0 Å². The van der Waals surface area contributed by atoms with E-state index in [1.54, 1.807) is 0 Å². The molecular formula is C13H20N2O. The fourth-order valence-corrected chi connectivity index (χ4v) is 1.92. The third-order valence-electron chi connectivity index (χ3n) is 2.72. The van der Waals surface area contributed by atoms with Crippen molar-refractivity contribution in [2.75, 3.05) is 13.6 Å². The molecule has 88 valence electrons. The molecule has 2 rings (SSSR count). The maximum atomic E-state index is 10.1. The number of likely N-dealkylation sites (N-methyl/N-ethyl adjacent to an activating group) is 1. The van der Waals surface area contributed by atoms with Crippen molar-refractivity contribution in [1.82, 2.24) is 4.90 Å². The van der Waals surface area contributed by atoms with Crippen molar-refractivity contribution in [3.8, 4) is 0 Å². The van der Waals surface area contributed by atoms with Gasteiger partial charge in [0.25, 0.3) is 0 Å². The van der Waals surface area contributed by atoms with Gasteiger partial charge in [0.1, 0.15) is 6.54 Å². The zero-order valence-electron chi connectivity index (χ0n) is 10.4. The van der Waals surface area contributed by atoms with Gasteiger partial charge in [-0.15, -0.1) is 0 Å². The standard InChI is InChI=1S/C11H14N2O.C2H6/c1-13-5-4-10-6-9(7-12-14)2-3-11(10)8-13;1-2/h2-3,6H,4-5,7-8H2,1H3;1-2H3. The van der Waals surface area contributed by atoms with E-state index >= 15 is 0 Å². The average molecular weight is 220 g/mol. The molecule has 16 heavy (non-hydrogen) atoms. The van der Waals surface area contributed by atoms with E-state index < -0.39 is 0 Å². The van der Waals surface area contributed by atoms with Crippen LogP contribution >= 0.6 is 0 Å².